The summed E-state index contributed by atoms with van der Waals surface area (Å²) in [5, 5.41) is 5.65. The second-order valence-corrected chi connectivity index (χ2v) is 8.78. The van der Waals surface area contributed by atoms with E-state index >= 15 is 0 Å². The summed E-state index contributed by atoms with van der Waals surface area (Å²) in [7, 11) is 1.61. The van der Waals surface area contributed by atoms with Gasteiger partial charge in [0, 0.05) is 35.7 Å². The molecule has 2 aromatic carbocycles. The fraction of sp³-hybridized carbons (Fsp3) is 0.250. The normalized spacial score (nSPS) is 18.0. The monoisotopic (exact) mass is 454 g/mol. The van der Waals surface area contributed by atoms with Crippen LogP contribution in [0.4, 0.5) is 0 Å². The van der Waals surface area contributed by atoms with E-state index in [2.05, 4.69) is 5.32 Å². The summed E-state index contributed by atoms with van der Waals surface area (Å²) in [5.41, 5.74) is 2.24. The maximum Gasteiger partial charge on any atom is 0.254 e. The number of hydrogen-bond donors (Lipinski definition) is 1. The molecule has 0 saturated heterocycles. The zero-order chi connectivity index (χ0) is 21.8. The molecule has 5 nitrogen and oxygen atoms in total. The molecule has 160 valence electrons. The number of ether oxygens (including phenoxy) is 1. The minimum atomic E-state index is -0.524. The molecule has 3 aromatic rings. The van der Waals surface area contributed by atoms with Crippen molar-refractivity contribution in [3.05, 3.63) is 92.6 Å². The number of rotatable bonds is 7. The van der Waals surface area contributed by atoms with Crippen molar-refractivity contribution in [3.8, 4) is 0 Å². The Balaban J connectivity index is 1.71. The molecule has 0 aliphatic carbocycles. The summed E-state index contributed by atoms with van der Waals surface area (Å²) in [6, 6.07) is 18.3. The molecule has 31 heavy (non-hydrogen) atoms. The Morgan fingerprint density at radius 1 is 1.16 bits per heavy atom. The standard InChI is InChI=1S/C24H23ClN2O3S/c1-30-12-11-27-22(20-10-5-13-31-20)21(18-8-2-3-9-19(18)24(27)29)23(28)26-15-16-6-4-7-17(25)14-16/h2-10,13-14,21-22H,11-12,15H2,1H3,(H,26,28)/t21-,22+/m1/s1. The molecule has 2 atom stereocenters. The van der Waals surface area contributed by atoms with Crippen LogP contribution in [-0.4, -0.2) is 37.0 Å². The van der Waals surface area contributed by atoms with Gasteiger partial charge in [0.2, 0.25) is 5.91 Å². The Bertz CT molecular complexity index is 1070. The van der Waals surface area contributed by atoms with Gasteiger partial charge in [-0.1, -0.05) is 48.0 Å². The molecule has 7 heteroatoms. The summed E-state index contributed by atoms with van der Waals surface area (Å²) in [4.78, 5) is 29.6. The van der Waals surface area contributed by atoms with E-state index in [1.165, 1.54) is 0 Å². The largest absolute Gasteiger partial charge is 0.383 e. The Morgan fingerprint density at radius 2 is 2.00 bits per heavy atom. The van der Waals surface area contributed by atoms with Crippen molar-refractivity contribution < 1.29 is 14.3 Å². The van der Waals surface area contributed by atoms with Crippen molar-refractivity contribution in [2.45, 2.75) is 18.5 Å². The highest BCUT2D eigenvalue weighted by Crippen LogP contribution is 2.44. The first-order valence-electron chi connectivity index (χ1n) is 10.0. The fourth-order valence-electron chi connectivity index (χ4n) is 4.03. The predicted octanol–water partition coefficient (Wildman–Crippen LogP) is 4.65. The van der Waals surface area contributed by atoms with Crippen molar-refractivity contribution in [2.75, 3.05) is 20.3 Å². The lowest BCUT2D eigenvalue weighted by atomic mass is 9.81. The van der Waals surface area contributed by atoms with Gasteiger partial charge in [-0.3, -0.25) is 9.59 Å². The van der Waals surface area contributed by atoms with Crippen LogP contribution in [0.15, 0.2) is 66.0 Å². The van der Waals surface area contributed by atoms with Crippen LogP contribution in [-0.2, 0) is 16.1 Å². The molecule has 4 rings (SSSR count). The van der Waals surface area contributed by atoms with Gasteiger partial charge in [-0.15, -0.1) is 11.3 Å². The lowest BCUT2D eigenvalue weighted by Gasteiger charge is -2.41. The van der Waals surface area contributed by atoms with E-state index in [1.807, 2.05) is 53.9 Å². The maximum atomic E-state index is 13.5. The number of amides is 2. The number of methoxy groups -OCH3 is 1. The Kier molecular flexibility index (Phi) is 6.70. The molecule has 1 N–H and O–H groups in total. The van der Waals surface area contributed by atoms with E-state index in [0.29, 0.717) is 30.3 Å². The van der Waals surface area contributed by atoms with E-state index in [0.717, 1.165) is 16.0 Å². The van der Waals surface area contributed by atoms with Gasteiger partial charge >= 0.3 is 0 Å². The minimum absolute atomic E-state index is 0.0788. The van der Waals surface area contributed by atoms with Crippen molar-refractivity contribution in [2.24, 2.45) is 0 Å². The van der Waals surface area contributed by atoms with Gasteiger partial charge in [0.15, 0.2) is 0 Å². The molecule has 2 amide bonds. The van der Waals surface area contributed by atoms with Gasteiger partial charge in [-0.2, -0.15) is 0 Å². The first kappa shape index (κ1) is 21.6. The number of thiophene rings is 1. The van der Waals surface area contributed by atoms with Crippen molar-refractivity contribution in [1.82, 2.24) is 10.2 Å². The fourth-order valence-corrected chi connectivity index (χ4v) is 5.12. The lowest BCUT2D eigenvalue weighted by molar-refractivity contribution is -0.124. The number of hydrogen-bond acceptors (Lipinski definition) is 4. The molecule has 0 radical (unpaired) electrons. The third-order valence-corrected chi connectivity index (χ3v) is 6.63. The number of benzene rings is 2. The highest BCUT2D eigenvalue weighted by atomic mass is 35.5. The predicted molar refractivity (Wildman–Crippen MR) is 122 cm³/mol. The Labute approximate surface area is 190 Å². The van der Waals surface area contributed by atoms with Gasteiger partial charge < -0.3 is 15.0 Å². The molecule has 0 fully saturated rings. The van der Waals surface area contributed by atoms with Gasteiger partial charge in [0.05, 0.1) is 18.6 Å². The number of fused-ring (bicyclic) bond motifs is 1. The summed E-state index contributed by atoms with van der Waals surface area (Å²) >= 11 is 7.63. The molecule has 0 saturated carbocycles. The SMILES string of the molecule is COCCN1C(=O)c2ccccc2[C@@H](C(=O)NCc2cccc(Cl)c2)[C@@H]1c1cccs1. The molecule has 1 aliphatic rings. The molecule has 0 unspecified atom stereocenters. The van der Waals surface area contributed by atoms with E-state index in [1.54, 1.807) is 35.5 Å². The van der Waals surface area contributed by atoms with Crippen molar-refractivity contribution >= 4 is 34.8 Å². The molecule has 0 bridgehead atoms. The summed E-state index contributed by atoms with van der Waals surface area (Å²) < 4.78 is 5.26. The van der Waals surface area contributed by atoms with Gasteiger partial charge in [0.25, 0.3) is 5.91 Å². The van der Waals surface area contributed by atoms with Crippen LogP contribution in [0.25, 0.3) is 0 Å². The quantitative estimate of drug-likeness (QED) is 0.565. The van der Waals surface area contributed by atoms with E-state index in [-0.39, 0.29) is 11.8 Å². The maximum absolute atomic E-state index is 13.5. The van der Waals surface area contributed by atoms with Gasteiger partial charge in [0.1, 0.15) is 0 Å². The van der Waals surface area contributed by atoms with E-state index in [9.17, 15) is 9.59 Å². The third-order valence-electron chi connectivity index (χ3n) is 5.45. The smallest absolute Gasteiger partial charge is 0.254 e. The number of halogens is 1. The topological polar surface area (TPSA) is 58.6 Å². The van der Waals surface area contributed by atoms with Gasteiger partial charge in [-0.25, -0.2) is 0 Å². The zero-order valence-corrected chi connectivity index (χ0v) is 18.7. The van der Waals surface area contributed by atoms with Crippen LogP contribution in [0.1, 0.15) is 38.3 Å². The van der Waals surface area contributed by atoms with Gasteiger partial charge in [-0.05, 0) is 40.8 Å². The number of carbonyl (C=O) groups excluding carboxylic acids is 2. The van der Waals surface area contributed by atoms with Crippen LogP contribution >= 0.6 is 22.9 Å². The Hall–Kier alpha value is -2.67. The molecule has 2 heterocycles. The summed E-state index contributed by atoms with van der Waals surface area (Å²) in [6.07, 6.45) is 0. The van der Waals surface area contributed by atoms with Crippen molar-refractivity contribution in [1.29, 1.82) is 0 Å². The average Bonchev–Trinajstić information content (AvgIpc) is 3.31. The van der Waals surface area contributed by atoms with Crippen LogP contribution in [0, 0.1) is 0 Å². The van der Waals surface area contributed by atoms with Crippen LogP contribution in [0.3, 0.4) is 0 Å². The zero-order valence-electron chi connectivity index (χ0n) is 17.1. The molecule has 1 aromatic heterocycles. The second-order valence-electron chi connectivity index (χ2n) is 7.36. The average molecular weight is 455 g/mol. The number of nitrogens with one attached hydrogen (secondary N) is 1. The number of carbonyl (C=O) groups is 2. The van der Waals surface area contributed by atoms with Crippen LogP contribution < -0.4 is 5.32 Å². The first-order chi connectivity index (χ1) is 15.1. The van der Waals surface area contributed by atoms with Crippen LogP contribution in [0.5, 0.6) is 0 Å². The number of nitrogens with zero attached hydrogens (tertiary/aromatic N) is 1. The summed E-state index contributed by atoms with van der Waals surface area (Å²) in [6.45, 7) is 1.16. The minimum Gasteiger partial charge on any atom is -0.383 e. The Morgan fingerprint density at radius 3 is 2.74 bits per heavy atom. The molecular formula is C24H23ClN2O3S. The van der Waals surface area contributed by atoms with E-state index < -0.39 is 12.0 Å². The second kappa shape index (κ2) is 9.64. The lowest BCUT2D eigenvalue weighted by Crippen LogP contribution is -2.48. The molecule has 1 aliphatic heterocycles. The first-order valence-corrected chi connectivity index (χ1v) is 11.3. The third kappa shape index (κ3) is 4.51. The highest BCUT2D eigenvalue weighted by molar-refractivity contribution is 7.10. The van der Waals surface area contributed by atoms with Crippen molar-refractivity contribution in [3.63, 3.8) is 0 Å². The van der Waals surface area contributed by atoms with E-state index in [4.69, 9.17) is 16.3 Å². The molecule has 0 spiro atoms. The summed E-state index contributed by atoms with van der Waals surface area (Å²) in [5.74, 6) is -0.728. The highest BCUT2D eigenvalue weighted by Gasteiger charge is 2.44. The molecular weight excluding hydrogens is 432 g/mol. The van der Waals surface area contributed by atoms with Crippen LogP contribution in [0.2, 0.25) is 5.02 Å².